The van der Waals surface area contributed by atoms with Crippen LogP contribution in [0, 0.1) is 6.92 Å². The number of hydrogen-bond acceptors (Lipinski definition) is 2. The van der Waals surface area contributed by atoms with E-state index in [0.29, 0.717) is 5.89 Å². The Morgan fingerprint density at radius 1 is 1.00 bits per heavy atom. The first-order valence-corrected chi connectivity index (χ1v) is 6.92. The van der Waals surface area contributed by atoms with Gasteiger partial charge in [0.2, 0.25) is 5.89 Å². The molecule has 3 aromatic rings. The van der Waals surface area contributed by atoms with Gasteiger partial charge in [-0.05, 0) is 36.1 Å². The van der Waals surface area contributed by atoms with Gasteiger partial charge in [0, 0.05) is 11.1 Å². The fourth-order valence-corrected chi connectivity index (χ4v) is 2.43. The molecule has 2 nitrogen and oxygen atoms in total. The minimum atomic E-state index is 0.0394. The molecule has 0 aliphatic heterocycles. The third kappa shape index (κ3) is 2.22. The quantitative estimate of drug-likeness (QED) is 0.611. The molecule has 1 aromatic heterocycles. The van der Waals surface area contributed by atoms with E-state index in [-0.39, 0.29) is 5.41 Å². The normalized spacial score (nSPS) is 12.0. The lowest BCUT2D eigenvalue weighted by molar-refractivity contribution is 0.561. The number of fused-ring (bicyclic) bond motifs is 1. The molecule has 102 valence electrons. The van der Waals surface area contributed by atoms with E-state index in [9.17, 15) is 0 Å². The molecule has 0 bridgehead atoms. The molecule has 0 fully saturated rings. The molecule has 0 N–H and O–H groups in total. The summed E-state index contributed by atoms with van der Waals surface area (Å²) in [5.74, 6) is 0.691. The molecule has 0 aliphatic rings. The van der Waals surface area contributed by atoms with Gasteiger partial charge < -0.3 is 4.42 Å². The van der Waals surface area contributed by atoms with Crippen LogP contribution in [0.3, 0.4) is 0 Å². The predicted octanol–water partition coefficient (Wildman–Crippen LogP) is 5.10. The smallest absolute Gasteiger partial charge is 0.227 e. The van der Waals surface area contributed by atoms with E-state index in [1.807, 2.05) is 30.3 Å². The van der Waals surface area contributed by atoms with E-state index in [2.05, 4.69) is 44.8 Å². The third-order valence-corrected chi connectivity index (χ3v) is 3.46. The number of aryl methyl sites for hydroxylation is 1. The Morgan fingerprint density at radius 3 is 2.35 bits per heavy atom. The molecule has 0 saturated carbocycles. The maximum Gasteiger partial charge on any atom is 0.227 e. The van der Waals surface area contributed by atoms with Gasteiger partial charge in [-0.2, -0.15) is 0 Å². The van der Waals surface area contributed by atoms with Crippen LogP contribution in [0.5, 0.6) is 0 Å². The minimum absolute atomic E-state index is 0.0394. The highest BCUT2D eigenvalue weighted by atomic mass is 16.3. The Hall–Kier alpha value is -2.09. The highest BCUT2D eigenvalue weighted by Crippen LogP contribution is 2.34. The van der Waals surface area contributed by atoms with Crippen LogP contribution in [0.25, 0.3) is 22.6 Å². The number of oxazole rings is 1. The van der Waals surface area contributed by atoms with E-state index >= 15 is 0 Å². The molecule has 3 rings (SSSR count). The van der Waals surface area contributed by atoms with Crippen molar-refractivity contribution in [2.45, 2.75) is 33.1 Å². The van der Waals surface area contributed by atoms with Crippen LogP contribution in [0.15, 0.2) is 46.9 Å². The van der Waals surface area contributed by atoms with Crippen molar-refractivity contribution in [3.8, 4) is 11.5 Å². The van der Waals surface area contributed by atoms with Crippen LogP contribution in [0.4, 0.5) is 0 Å². The van der Waals surface area contributed by atoms with Crippen LogP contribution < -0.4 is 0 Å². The summed E-state index contributed by atoms with van der Waals surface area (Å²) in [6.07, 6.45) is 0. The lowest BCUT2D eigenvalue weighted by Gasteiger charge is -2.19. The number of nitrogens with zero attached hydrogens (tertiary/aromatic N) is 1. The fourth-order valence-electron chi connectivity index (χ4n) is 2.43. The first-order chi connectivity index (χ1) is 9.45. The number of benzene rings is 2. The summed E-state index contributed by atoms with van der Waals surface area (Å²) >= 11 is 0. The monoisotopic (exact) mass is 265 g/mol. The molecule has 2 aromatic carbocycles. The molecule has 0 aliphatic carbocycles. The highest BCUT2D eigenvalue weighted by Gasteiger charge is 2.21. The molecule has 0 spiro atoms. The summed E-state index contributed by atoms with van der Waals surface area (Å²) in [4.78, 5) is 4.65. The van der Waals surface area contributed by atoms with Crippen molar-refractivity contribution in [2.75, 3.05) is 0 Å². The van der Waals surface area contributed by atoms with Gasteiger partial charge in [0.15, 0.2) is 5.58 Å². The van der Waals surface area contributed by atoms with Crippen molar-refractivity contribution < 1.29 is 4.42 Å². The molecule has 0 saturated heterocycles. The van der Waals surface area contributed by atoms with Gasteiger partial charge in [-0.25, -0.2) is 4.98 Å². The van der Waals surface area contributed by atoms with Gasteiger partial charge >= 0.3 is 0 Å². The Bertz CT molecular complexity index is 748. The zero-order valence-corrected chi connectivity index (χ0v) is 12.4. The van der Waals surface area contributed by atoms with E-state index in [1.165, 1.54) is 11.1 Å². The van der Waals surface area contributed by atoms with Gasteiger partial charge in [-0.1, -0.05) is 45.0 Å². The summed E-state index contributed by atoms with van der Waals surface area (Å²) < 4.78 is 6.06. The minimum Gasteiger partial charge on any atom is -0.436 e. The van der Waals surface area contributed by atoms with Gasteiger partial charge in [0.1, 0.15) is 5.52 Å². The van der Waals surface area contributed by atoms with Crippen LogP contribution in [-0.2, 0) is 5.41 Å². The first kappa shape index (κ1) is 12.9. The Morgan fingerprint density at radius 2 is 1.70 bits per heavy atom. The molecule has 2 heteroatoms. The van der Waals surface area contributed by atoms with Gasteiger partial charge in [0.25, 0.3) is 0 Å². The summed E-state index contributed by atoms with van der Waals surface area (Å²) in [6.45, 7) is 8.70. The molecule has 0 amide bonds. The second-order valence-corrected chi connectivity index (χ2v) is 6.30. The van der Waals surface area contributed by atoms with Crippen LogP contribution in [-0.4, -0.2) is 4.98 Å². The standard InChI is InChI=1S/C18H19NO/c1-12-10-14(18(2,3)4)16-15(11-12)19-17(20-16)13-8-6-5-7-9-13/h5-11H,1-4H3. The van der Waals surface area contributed by atoms with Gasteiger partial charge in [0.05, 0.1) is 0 Å². The summed E-state index contributed by atoms with van der Waals surface area (Å²) in [7, 11) is 0. The van der Waals surface area contributed by atoms with Crippen molar-refractivity contribution in [1.29, 1.82) is 0 Å². The highest BCUT2D eigenvalue weighted by molar-refractivity contribution is 5.81. The second kappa shape index (κ2) is 4.48. The average molecular weight is 265 g/mol. The van der Waals surface area contributed by atoms with Crippen LogP contribution in [0.1, 0.15) is 31.9 Å². The lowest BCUT2D eigenvalue weighted by atomic mass is 9.85. The molecule has 20 heavy (non-hydrogen) atoms. The molecule has 1 heterocycles. The predicted molar refractivity (Wildman–Crippen MR) is 82.9 cm³/mol. The topological polar surface area (TPSA) is 26.0 Å². The van der Waals surface area contributed by atoms with Crippen molar-refractivity contribution in [1.82, 2.24) is 4.98 Å². The zero-order chi connectivity index (χ0) is 14.3. The van der Waals surface area contributed by atoms with Crippen molar-refractivity contribution in [2.24, 2.45) is 0 Å². The Kier molecular flexibility index (Phi) is 2.89. The molecule has 0 radical (unpaired) electrons. The van der Waals surface area contributed by atoms with Crippen molar-refractivity contribution in [3.05, 3.63) is 53.6 Å². The SMILES string of the molecule is Cc1cc(C(C)(C)C)c2oc(-c3ccccc3)nc2c1. The van der Waals surface area contributed by atoms with Gasteiger partial charge in [-0.3, -0.25) is 0 Å². The van der Waals surface area contributed by atoms with E-state index in [1.54, 1.807) is 0 Å². The van der Waals surface area contributed by atoms with Crippen molar-refractivity contribution >= 4 is 11.1 Å². The number of rotatable bonds is 1. The molecule has 0 atom stereocenters. The summed E-state index contributed by atoms with van der Waals surface area (Å²) in [6, 6.07) is 14.3. The van der Waals surface area contributed by atoms with Crippen LogP contribution >= 0.6 is 0 Å². The third-order valence-electron chi connectivity index (χ3n) is 3.46. The van der Waals surface area contributed by atoms with E-state index in [4.69, 9.17) is 4.42 Å². The second-order valence-electron chi connectivity index (χ2n) is 6.30. The van der Waals surface area contributed by atoms with Crippen molar-refractivity contribution in [3.63, 3.8) is 0 Å². The molecular weight excluding hydrogens is 246 g/mol. The average Bonchev–Trinajstić information content (AvgIpc) is 2.81. The van der Waals surface area contributed by atoms with Gasteiger partial charge in [-0.15, -0.1) is 0 Å². The fraction of sp³-hybridized carbons (Fsp3) is 0.278. The maximum atomic E-state index is 6.06. The van der Waals surface area contributed by atoms with Crippen LogP contribution in [0.2, 0.25) is 0 Å². The number of hydrogen-bond donors (Lipinski definition) is 0. The maximum absolute atomic E-state index is 6.06. The number of aromatic nitrogens is 1. The molecular formula is C18H19NO. The summed E-state index contributed by atoms with van der Waals surface area (Å²) in [5.41, 5.74) is 5.33. The largest absolute Gasteiger partial charge is 0.436 e. The summed E-state index contributed by atoms with van der Waals surface area (Å²) in [5, 5.41) is 0. The van der Waals surface area contributed by atoms with E-state index < -0.39 is 0 Å². The zero-order valence-electron chi connectivity index (χ0n) is 12.4. The first-order valence-electron chi connectivity index (χ1n) is 6.92. The Labute approximate surface area is 119 Å². The lowest BCUT2D eigenvalue weighted by Crippen LogP contribution is -2.11. The van der Waals surface area contributed by atoms with E-state index in [0.717, 1.165) is 16.7 Å². The Balaban J connectivity index is 2.26. The molecule has 0 unspecified atom stereocenters.